The van der Waals surface area contributed by atoms with Crippen molar-refractivity contribution in [2.75, 3.05) is 18.4 Å². The van der Waals surface area contributed by atoms with Gasteiger partial charge in [-0.15, -0.1) is 0 Å². The van der Waals surface area contributed by atoms with Crippen LogP contribution in [0.25, 0.3) is 5.78 Å². The fourth-order valence-electron chi connectivity index (χ4n) is 3.75. The van der Waals surface area contributed by atoms with Crippen LogP contribution in [0.2, 0.25) is 0 Å². The van der Waals surface area contributed by atoms with E-state index >= 15 is 0 Å². The molecule has 0 spiro atoms. The number of rotatable bonds is 5. The van der Waals surface area contributed by atoms with E-state index in [0.29, 0.717) is 17.2 Å². The second kappa shape index (κ2) is 8.21. The number of piperidine rings is 1. The molecule has 1 atom stereocenters. The maximum Gasteiger partial charge on any atom is 0.266 e. The van der Waals surface area contributed by atoms with Gasteiger partial charge < -0.3 is 15.6 Å². The molecule has 4 rings (SSSR count). The van der Waals surface area contributed by atoms with Crippen molar-refractivity contribution >= 4 is 23.6 Å². The Kier molecular flexibility index (Phi) is 5.45. The lowest BCUT2D eigenvalue weighted by atomic mass is 9.91. The highest BCUT2D eigenvalue weighted by molar-refractivity contribution is 6.11. The first-order valence-electron chi connectivity index (χ1n) is 9.73. The molecule has 1 amide bonds. The largest absolute Gasteiger partial charge is 0.361 e. The highest BCUT2D eigenvalue weighted by Crippen LogP contribution is 2.36. The van der Waals surface area contributed by atoms with Crippen LogP contribution in [0.15, 0.2) is 54.5 Å². The first kappa shape index (κ1) is 20.6. The van der Waals surface area contributed by atoms with Crippen LogP contribution < -0.4 is 5.32 Å². The van der Waals surface area contributed by atoms with E-state index in [1.54, 1.807) is 25.1 Å². The van der Waals surface area contributed by atoms with E-state index in [9.17, 15) is 13.6 Å². The van der Waals surface area contributed by atoms with Gasteiger partial charge in [-0.3, -0.25) is 4.79 Å². The molecule has 2 N–H and O–H groups in total. The summed E-state index contributed by atoms with van der Waals surface area (Å²) in [4.78, 5) is 22.4. The molecule has 2 aromatic heterocycles. The van der Waals surface area contributed by atoms with Crippen molar-refractivity contribution in [3.8, 4) is 0 Å². The summed E-state index contributed by atoms with van der Waals surface area (Å²) < 4.78 is 30.7. The Morgan fingerprint density at radius 2 is 2.10 bits per heavy atom. The Hall–Kier alpha value is -3.69. The average molecular weight is 425 g/mol. The smallest absolute Gasteiger partial charge is 0.266 e. The number of hydrogen-bond donors (Lipinski definition) is 2. The topological polar surface area (TPSA) is 99.3 Å². The first-order valence-corrected chi connectivity index (χ1v) is 9.73. The van der Waals surface area contributed by atoms with Gasteiger partial charge in [0.05, 0.1) is 17.8 Å². The molecular formula is C21H21F2N7O. The van der Waals surface area contributed by atoms with E-state index in [4.69, 9.17) is 5.41 Å². The standard InChI is InChI=1S/C21H21F2N7O/c1-14-7-18(30-20(28-14)26-13-27-30)15-8-21(22,23)12-29(11-15)19(31)16(9-24)10-25-17-5-3-2-4-6-17/h2-7,9-10,13,15,24-25H,8,11-12H2,1H3/b16-10+,24-9?. The number of likely N-dealkylation sites (tertiary alicyclic amines) is 1. The maximum atomic E-state index is 14.6. The van der Waals surface area contributed by atoms with E-state index in [0.717, 1.165) is 16.8 Å². The number of anilines is 1. The Morgan fingerprint density at radius 3 is 2.84 bits per heavy atom. The number of para-hydroxylation sites is 1. The van der Waals surface area contributed by atoms with Crippen LogP contribution in [-0.2, 0) is 4.79 Å². The molecule has 160 valence electrons. The number of amides is 1. The third-order valence-corrected chi connectivity index (χ3v) is 5.09. The number of alkyl halides is 2. The van der Waals surface area contributed by atoms with Crippen molar-refractivity contribution in [2.24, 2.45) is 0 Å². The molecule has 0 aliphatic carbocycles. The van der Waals surface area contributed by atoms with Crippen LogP contribution in [0.3, 0.4) is 0 Å². The number of nitrogens with zero attached hydrogens (tertiary/aromatic N) is 5. The molecule has 0 bridgehead atoms. The number of benzene rings is 1. The van der Waals surface area contributed by atoms with E-state index in [2.05, 4.69) is 20.4 Å². The summed E-state index contributed by atoms with van der Waals surface area (Å²) in [7, 11) is 0. The predicted molar refractivity (Wildman–Crippen MR) is 111 cm³/mol. The molecule has 1 fully saturated rings. The van der Waals surface area contributed by atoms with Gasteiger partial charge in [0.2, 0.25) is 0 Å². The van der Waals surface area contributed by atoms with Crippen molar-refractivity contribution in [3.05, 3.63) is 65.9 Å². The first-order chi connectivity index (χ1) is 14.9. The van der Waals surface area contributed by atoms with E-state index < -0.39 is 30.7 Å². The summed E-state index contributed by atoms with van der Waals surface area (Å²) in [5, 5.41) is 14.6. The Morgan fingerprint density at radius 1 is 1.32 bits per heavy atom. The van der Waals surface area contributed by atoms with E-state index in [-0.39, 0.29) is 12.1 Å². The summed E-state index contributed by atoms with van der Waals surface area (Å²) in [6.07, 6.45) is 3.13. The van der Waals surface area contributed by atoms with Crippen molar-refractivity contribution in [1.82, 2.24) is 24.5 Å². The minimum Gasteiger partial charge on any atom is -0.361 e. The number of carbonyl (C=O) groups is 1. The van der Waals surface area contributed by atoms with Gasteiger partial charge in [-0.05, 0) is 25.1 Å². The second-order valence-corrected chi connectivity index (χ2v) is 7.49. The van der Waals surface area contributed by atoms with Crippen molar-refractivity contribution in [1.29, 1.82) is 5.41 Å². The van der Waals surface area contributed by atoms with Crippen molar-refractivity contribution in [3.63, 3.8) is 0 Å². The molecule has 1 aromatic carbocycles. The molecule has 8 nitrogen and oxygen atoms in total. The minimum atomic E-state index is -3.08. The number of aryl methyl sites for hydroxylation is 1. The number of nitrogens with one attached hydrogen (secondary N) is 2. The summed E-state index contributed by atoms with van der Waals surface area (Å²) >= 11 is 0. The molecule has 3 heterocycles. The van der Waals surface area contributed by atoms with Crippen molar-refractivity contribution in [2.45, 2.75) is 25.2 Å². The summed E-state index contributed by atoms with van der Waals surface area (Å²) in [6, 6.07) is 10.8. The average Bonchev–Trinajstić information content (AvgIpc) is 3.21. The molecule has 0 saturated carbocycles. The molecule has 10 heteroatoms. The SMILES string of the molecule is Cc1cc(C2CN(C(=O)/C(C=N)=C/Nc3ccccc3)CC(F)(F)C2)n2ncnc2n1. The van der Waals surface area contributed by atoms with E-state index in [1.807, 2.05) is 18.2 Å². The molecule has 1 unspecified atom stereocenters. The zero-order valence-corrected chi connectivity index (χ0v) is 16.8. The Bertz CT molecular complexity index is 1140. The predicted octanol–water partition coefficient (Wildman–Crippen LogP) is 3.03. The zero-order valence-electron chi connectivity index (χ0n) is 16.8. The van der Waals surface area contributed by atoms with Gasteiger partial charge in [0.25, 0.3) is 17.6 Å². The lowest BCUT2D eigenvalue weighted by Gasteiger charge is -2.37. The highest BCUT2D eigenvalue weighted by Gasteiger charge is 2.43. The van der Waals surface area contributed by atoms with Crippen molar-refractivity contribution < 1.29 is 13.6 Å². The van der Waals surface area contributed by atoms with Gasteiger partial charge in [-0.2, -0.15) is 10.1 Å². The number of carbonyl (C=O) groups excluding carboxylic acids is 1. The van der Waals surface area contributed by atoms with Gasteiger partial charge in [0.15, 0.2) is 0 Å². The third kappa shape index (κ3) is 4.42. The normalized spacial score (nSPS) is 18.7. The quantitative estimate of drug-likeness (QED) is 0.484. The van der Waals surface area contributed by atoms with Crippen LogP contribution in [0.1, 0.15) is 23.7 Å². The molecular weight excluding hydrogens is 404 g/mol. The fourth-order valence-corrected chi connectivity index (χ4v) is 3.75. The van der Waals surface area contributed by atoms with Crippen LogP contribution in [0.4, 0.5) is 14.5 Å². The van der Waals surface area contributed by atoms with Crippen LogP contribution in [0.5, 0.6) is 0 Å². The maximum absolute atomic E-state index is 14.6. The summed E-state index contributed by atoms with van der Waals surface area (Å²) in [6.45, 7) is 1.12. The van der Waals surface area contributed by atoms with Gasteiger partial charge in [0.1, 0.15) is 6.33 Å². The molecule has 1 saturated heterocycles. The number of hydrogen-bond acceptors (Lipinski definition) is 6. The minimum absolute atomic E-state index is 0.0166. The number of fused-ring (bicyclic) bond motifs is 1. The molecule has 1 aliphatic rings. The Balaban J connectivity index is 1.61. The van der Waals surface area contributed by atoms with Crippen LogP contribution in [-0.4, -0.2) is 55.6 Å². The summed E-state index contributed by atoms with van der Waals surface area (Å²) in [5.74, 6) is -4.05. The zero-order chi connectivity index (χ0) is 22.0. The third-order valence-electron chi connectivity index (χ3n) is 5.09. The van der Waals surface area contributed by atoms with Gasteiger partial charge in [-0.25, -0.2) is 18.3 Å². The number of halogens is 2. The second-order valence-electron chi connectivity index (χ2n) is 7.49. The van der Waals surface area contributed by atoms with Gasteiger partial charge in [-0.1, -0.05) is 18.2 Å². The van der Waals surface area contributed by atoms with Gasteiger partial charge >= 0.3 is 0 Å². The van der Waals surface area contributed by atoms with Gasteiger partial charge in [0, 0.05) is 42.7 Å². The number of aromatic nitrogens is 4. The van der Waals surface area contributed by atoms with E-state index in [1.165, 1.54) is 17.0 Å². The molecule has 31 heavy (non-hydrogen) atoms. The lowest BCUT2D eigenvalue weighted by molar-refractivity contribution is -0.138. The summed E-state index contributed by atoms with van der Waals surface area (Å²) in [5.41, 5.74) is 1.86. The fraction of sp³-hybridized carbons (Fsp3) is 0.286. The molecule has 0 radical (unpaired) electrons. The Labute approximate surface area is 177 Å². The molecule has 1 aliphatic heterocycles. The monoisotopic (exact) mass is 425 g/mol. The van der Waals surface area contributed by atoms with Crippen LogP contribution >= 0.6 is 0 Å². The molecule has 3 aromatic rings. The van der Waals surface area contributed by atoms with Crippen LogP contribution in [0, 0.1) is 12.3 Å². The lowest BCUT2D eigenvalue weighted by Crippen LogP contribution is -2.49. The highest BCUT2D eigenvalue weighted by atomic mass is 19.3.